The molecule has 0 bridgehead atoms. The van der Waals surface area contributed by atoms with Crippen molar-refractivity contribution in [2.75, 3.05) is 13.1 Å². The lowest BCUT2D eigenvalue weighted by Crippen LogP contribution is -2.38. The maximum absolute atomic E-state index is 11.5. The number of nitriles is 1. The Morgan fingerprint density at radius 1 is 1.21 bits per heavy atom. The van der Waals surface area contributed by atoms with Crippen LogP contribution in [-0.2, 0) is 11.3 Å². The normalized spacial score (nSPS) is 15.7. The number of hydrogen-bond donors (Lipinski definition) is 1. The number of carboxylic acid groups (broad SMARTS) is 1. The van der Waals surface area contributed by atoms with Gasteiger partial charge in [0.15, 0.2) is 0 Å². The molecule has 0 spiro atoms. The highest BCUT2D eigenvalue weighted by atomic mass is 35.5. The maximum Gasteiger partial charge on any atom is 0.307 e. The van der Waals surface area contributed by atoms with Gasteiger partial charge in [0.1, 0.15) is 11.8 Å². The number of aliphatic carboxylic acids is 1. The number of carboxylic acids is 1. The fraction of sp³-hybridized carbons (Fsp3) is 0.310. The number of likely N-dealkylation sites (tertiary alicyclic amines) is 1. The van der Waals surface area contributed by atoms with E-state index < -0.39 is 5.97 Å². The summed E-state index contributed by atoms with van der Waals surface area (Å²) < 4.78 is 11.3. The second kappa shape index (κ2) is 11.6. The molecule has 1 unspecified atom stereocenters. The van der Waals surface area contributed by atoms with Crippen molar-refractivity contribution in [1.29, 1.82) is 5.26 Å². The van der Waals surface area contributed by atoms with Gasteiger partial charge in [-0.3, -0.25) is 9.69 Å². The minimum Gasteiger partial charge on any atom is -0.490 e. The monoisotopic (exact) mass is 532 g/mol. The predicted molar refractivity (Wildman–Crippen MR) is 146 cm³/mol. The van der Waals surface area contributed by atoms with E-state index in [1.165, 1.54) is 0 Å². The molecular weight excluding hydrogens is 504 g/mol. The Labute approximate surface area is 227 Å². The summed E-state index contributed by atoms with van der Waals surface area (Å²) in [5.74, 6) is 0.267. The van der Waals surface area contributed by atoms with Crippen LogP contribution < -0.4 is 4.74 Å². The van der Waals surface area contributed by atoms with Gasteiger partial charge in [-0.1, -0.05) is 41.6 Å². The fourth-order valence-electron chi connectivity index (χ4n) is 4.89. The molecule has 8 nitrogen and oxygen atoms in total. The topological polar surface area (TPSA) is 112 Å². The Hall–Kier alpha value is -3.93. The van der Waals surface area contributed by atoms with E-state index in [9.17, 15) is 15.2 Å². The average molecular weight is 533 g/mol. The van der Waals surface area contributed by atoms with Gasteiger partial charge in [-0.25, -0.2) is 0 Å². The van der Waals surface area contributed by atoms with Crippen molar-refractivity contribution in [3.8, 4) is 34.7 Å². The first-order chi connectivity index (χ1) is 17.9. The van der Waals surface area contributed by atoms with Gasteiger partial charge in [-0.05, 0) is 67.8 Å². The van der Waals surface area contributed by atoms with Gasteiger partial charge >= 0.3 is 5.97 Å². The lowest BCUT2D eigenvalue weighted by molar-refractivity contribution is -0.143. The number of halogens is 1. The van der Waals surface area contributed by atoms with Crippen LogP contribution in [0.3, 0.4) is 0 Å². The van der Waals surface area contributed by atoms with Crippen molar-refractivity contribution < 1.29 is 19.2 Å². The number of hydrogen-bond acceptors (Lipinski definition) is 7. The van der Waals surface area contributed by atoms with Crippen LogP contribution in [0, 0.1) is 17.2 Å². The maximum atomic E-state index is 11.5. The minimum absolute atomic E-state index is 0. The molecule has 0 saturated carbocycles. The summed E-state index contributed by atoms with van der Waals surface area (Å²) >= 11 is 0. The van der Waals surface area contributed by atoms with Crippen molar-refractivity contribution in [2.45, 2.75) is 39.3 Å². The number of piperidine rings is 1. The molecule has 38 heavy (non-hydrogen) atoms. The van der Waals surface area contributed by atoms with Crippen LogP contribution >= 0.6 is 12.4 Å². The Bertz CT molecular complexity index is 1490. The highest BCUT2D eigenvalue weighted by Gasteiger charge is 2.26. The molecule has 1 aliphatic heterocycles. The van der Waals surface area contributed by atoms with Crippen LogP contribution in [0.5, 0.6) is 5.75 Å². The lowest BCUT2D eigenvalue weighted by Gasteiger charge is -2.31. The Morgan fingerprint density at radius 3 is 2.74 bits per heavy atom. The average Bonchev–Trinajstić information content (AvgIpc) is 3.39. The first-order valence-electron chi connectivity index (χ1n) is 12.4. The molecule has 1 fully saturated rings. The SMILES string of the molecule is CC(C)Oc1ccc(-c2nc(-c3ccc(CN4CCCC(C(=O)O)C4)c4ccccc34)no2)cc1C#N.Cl. The molecule has 1 N–H and O–H groups in total. The van der Waals surface area contributed by atoms with E-state index in [1.54, 1.807) is 18.2 Å². The van der Waals surface area contributed by atoms with E-state index in [0.717, 1.165) is 41.3 Å². The molecule has 2 heterocycles. The zero-order valence-electron chi connectivity index (χ0n) is 21.3. The van der Waals surface area contributed by atoms with Crippen LogP contribution in [0.1, 0.15) is 37.8 Å². The van der Waals surface area contributed by atoms with Crippen molar-refractivity contribution in [3.63, 3.8) is 0 Å². The van der Waals surface area contributed by atoms with Gasteiger partial charge in [0.2, 0.25) is 5.82 Å². The number of nitrogens with zero attached hydrogens (tertiary/aromatic N) is 4. The third kappa shape index (κ3) is 5.64. The summed E-state index contributed by atoms with van der Waals surface area (Å²) in [7, 11) is 0. The predicted octanol–water partition coefficient (Wildman–Crippen LogP) is 5.93. The summed E-state index contributed by atoms with van der Waals surface area (Å²) in [6, 6.07) is 19.5. The third-order valence-electron chi connectivity index (χ3n) is 6.64. The van der Waals surface area contributed by atoms with Crippen molar-refractivity contribution in [2.24, 2.45) is 5.92 Å². The van der Waals surface area contributed by atoms with Crippen LogP contribution in [0.15, 0.2) is 59.1 Å². The Morgan fingerprint density at radius 2 is 2.00 bits per heavy atom. The first-order valence-corrected chi connectivity index (χ1v) is 12.4. The molecular formula is C29H29ClN4O4. The highest BCUT2D eigenvalue weighted by Crippen LogP contribution is 2.33. The van der Waals surface area contributed by atoms with Crippen molar-refractivity contribution in [1.82, 2.24) is 15.0 Å². The second-order valence-corrected chi connectivity index (χ2v) is 9.64. The molecule has 4 aromatic rings. The van der Waals surface area contributed by atoms with E-state index >= 15 is 0 Å². The first kappa shape index (κ1) is 27.1. The standard InChI is InChI=1S/C29H28N4O4.ClH/c1-18(2)36-26-12-10-19(14-22(26)15-30)28-31-27(32-37-28)25-11-9-20(23-7-3-4-8-24(23)25)16-33-13-5-6-21(17-33)29(34)35;/h3-4,7-12,14,18,21H,5-6,13,16-17H2,1-2H3,(H,34,35);1H. The fourth-order valence-corrected chi connectivity index (χ4v) is 4.89. The summed E-state index contributed by atoms with van der Waals surface area (Å²) in [5, 5.41) is 25.3. The van der Waals surface area contributed by atoms with Gasteiger partial charge < -0.3 is 14.4 Å². The van der Waals surface area contributed by atoms with Gasteiger partial charge in [0.25, 0.3) is 5.89 Å². The number of fused-ring (bicyclic) bond motifs is 1. The smallest absolute Gasteiger partial charge is 0.307 e. The molecule has 1 atom stereocenters. The van der Waals surface area contributed by atoms with Gasteiger partial charge in [-0.15, -0.1) is 12.4 Å². The number of carbonyl (C=O) groups is 1. The molecule has 5 rings (SSSR count). The van der Waals surface area contributed by atoms with E-state index in [2.05, 4.69) is 33.2 Å². The number of benzene rings is 3. The number of rotatable bonds is 7. The van der Waals surface area contributed by atoms with E-state index in [4.69, 9.17) is 9.26 Å². The van der Waals surface area contributed by atoms with E-state index in [0.29, 0.717) is 41.7 Å². The molecule has 0 radical (unpaired) electrons. The van der Waals surface area contributed by atoms with E-state index in [-0.39, 0.29) is 24.4 Å². The Kier molecular flexibility index (Phi) is 8.30. The summed E-state index contributed by atoms with van der Waals surface area (Å²) in [6.45, 7) is 5.96. The number of ether oxygens (including phenoxy) is 1. The molecule has 9 heteroatoms. The lowest BCUT2D eigenvalue weighted by atomic mass is 9.95. The quantitative estimate of drug-likeness (QED) is 0.311. The van der Waals surface area contributed by atoms with Crippen molar-refractivity contribution >= 4 is 29.1 Å². The summed E-state index contributed by atoms with van der Waals surface area (Å²) in [6.07, 6.45) is 1.57. The van der Waals surface area contributed by atoms with Crippen molar-refractivity contribution in [3.05, 3.63) is 65.7 Å². The van der Waals surface area contributed by atoms with Gasteiger partial charge in [0, 0.05) is 24.2 Å². The third-order valence-corrected chi connectivity index (χ3v) is 6.64. The minimum atomic E-state index is -0.721. The molecule has 0 aliphatic carbocycles. The Balaban J connectivity index is 0.00000336. The zero-order valence-corrected chi connectivity index (χ0v) is 22.1. The van der Waals surface area contributed by atoms with Crippen LogP contribution in [0.2, 0.25) is 0 Å². The van der Waals surface area contributed by atoms with Crippen LogP contribution in [0.4, 0.5) is 0 Å². The number of aromatic nitrogens is 2. The largest absolute Gasteiger partial charge is 0.490 e. The van der Waals surface area contributed by atoms with Crippen LogP contribution in [-0.4, -0.2) is 45.3 Å². The van der Waals surface area contributed by atoms with E-state index in [1.807, 2.05) is 38.1 Å². The molecule has 1 saturated heterocycles. The van der Waals surface area contributed by atoms with Gasteiger partial charge in [0.05, 0.1) is 17.6 Å². The summed E-state index contributed by atoms with van der Waals surface area (Å²) in [4.78, 5) is 18.3. The highest BCUT2D eigenvalue weighted by molar-refractivity contribution is 5.97. The second-order valence-electron chi connectivity index (χ2n) is 9.64. The molecule has 196 valence electrons. The molecule has 3 aromatic carbocycles. The molecule has 0 amide bonds. The molecule has 1 aromatic heterocycles. The molecule has 1 aliphatic rings. The zero-order chi connectivity index (χ0) is 25.9. The van der Waals surface area contributed by atoms with Crippen LogP contribution in [0.25, 0.3) is 33.6 Å². The van der Waals surface area contributed by atoms with Gasteiger partial charge in [-0.2, -0.15) is 10.2 Å². The summed E-state index contributed by atoms with van der Waals surface area (Å²) in [5.41, 5.74) is 3.03.